The first kappa shape index (κ1) is 12.0. The van der Waals surface area contributed by atoms with Gasteiger partial charge in [0.05, 0.1) is 5.52 Å². The van der Waals surface area contributed by atoms with Crippen LogP contribution in [0, 0.1) is 0 Å². The highest BCUT2D eigenvalue weighted by molar-refractivity contribution is 6.09. The van der Waals surface area contributed by atoms with E-state index in [0.717, 1.165) is 16.8 Å². The molecule has 1 N–H and O–H groups in total. The fraction of sp³-hybridized carbons (Fsp3) is 0.0526. The summed E-state index contributed by atoms with van der Waals surface area (Å²) in [5, 5.41) is 2.44. The number of para-hydroxylation sites is 2. The second kappa shape index (κ2) is 4.98. The van der Waals surface area contributed by atoms with E-state index >= 15 is 0 Å². The van der Waals surface area contributed by atoms with Gasteiger partial charge in [-0.05, 0) is 17.7 Å². The van der Waals surface area contributed by atoms with E-state index in [1.807, 2.05) is 36.4 Å². The first-order valence-corrected chi connectivity index (χ1v) is 7.08. The summed E-state index contributed by atoms with van der Waals surface area (Å²) in [4.78, 5) is 3.46. The third-order valence-electron chi connectivity index (χ3n) is 3.74. The van der Waals surface area contributed by atoms with Crippen LogP contribution in [0.15, 0.2) is 72.8 Å². The molecule has 0 aliphatic carbocycles. The van der Waals surface area contributed by atoms with Crippen LogP contribution < -0.4 is 4.74 Å². The summed E-state index contributed by atoms with van der Waals surface area (Å²) in [5.41, 5.74) is 3.38. The quantitative estimate of drug-likeness (QED) is 0.564. The van der Waals surface area contributed by atoms with Crippen molar-refractivity contribution in [2.24, 2.45) is 0 Å². The Balaban J connectivity index is 1.75. The molecule has 0 fully saturated rings. The molecule has 2 heteroatoms. The average Bonchev–Trinajstić information content (AvgIpc) is 2.93. The van der Waals surface area contributed by atoms with Crippen LogP contribution in [-0.2, 0) is 6.61 Å². The first-order chi connectivity index (χ1) is 10.4. The maximum absolute atomic E-state index is 6.00. The van der Waals surface area contributed by atoms with E-state index in [4.69, 9.17) is 4.74 Å². The van der Waals surface area contributed by atoms with Gasteiger partial charge in [0.15, 0.2) is 0 Å². The average molecular weight is 273 g/mol. The standard InChI is InChI=1S/C19H15NO/c1-2-7-14(8-3-1)13-21-18-12-6-10-16-15-9-4-5-11-17(15)20-19(16)18/h1-12,20H,13H2. The predicted octanol–water partition coefficient (Wildman–Crippen LogP) is 4.90. The van der Waals surface area contributed by atoms with Gasteiger partial charge in [0, 0.05) is 16.3 Å². The Morgan fingerprint density at radius 2 is 1.48 bits per heavy atom. The lowest BCUT2D eigenvalue weighted by Gasteiger charge is -2.07. The SMILES string of the molecule is c1ccc(COc2cccc3c2[nH]c2ccccc23)cc1. The van der Waals surface area contributed by atoms with Crippen LogP contribution in [0.25, 0.3) is 21.8 Å². The summed E-state index contributed by atoms with van der Waals surface area (Å²) >= 11 is 0. The van der Waals surface area contributed by atoms with Crippen molar-refractivity contribution in [2.45, 2.75) is 6.61 Å². The summed E-state index contributed by atoms with van der Waals surface area (Å²) < 4.78 is 6.00. The van der Waals surface area contributed by atoms with Crippen LogP contribution in [0.5, 0.6) is 5.75 Å². The summed E-state index contributed by atoms with van der Waals surface area (Å²) in [6, 6.07) is 24.7. The van der Waals surface area contributed by atoms with Crippen LogP contribution in [0.2, 0.25) is 0 Å². The molecular weight excluding hydrogens is 258 g/mol. The van der Waals surface area contributed by atoms with Crippen LogP contribution >= 0.6 is 0 Å². The second-order valence-corrected chi connectivity index (χ2v) is 5.12. The monoisotopic (exact) mass is 273 g/mol. The number of aromatic amines is 1. The highest BCUT2D eigenvalue weighted by Gasteiger charge is 2.08. The number of ether oxygens (including phenoxy) is 1. The van der Waals surface area contributed by atoms with Gasteiger partial charge in [-0.15, -0.1) is 0 Å². The molecule has 21 heavy (non-hydrogen) atoms. The molecule has 4 rings (SSSR count). The number of hydrogen-bond donors (Lipinski definition) is 1. The highest BCUT2D eigenvalue weighted by atomic mass is 16.5. The number of benzene rings is 3. The van der Waals surface area contributed by atoms with Gasteiger partial charge in [0.1, 0.15) is 12.4 Å². The van der Waals surface area contributed by atoms with Crippen molar-refractivity contribution in [1.82, 2.24) is 4.98 Å². The smallest absolute Gasteiger partial charge is 0.143 e. The van der Waals surface area contributed by atoms with Gasteiger partial charge < -0.3 is 9.72 Å². The molecule has 0 amide bonds. The fourth-order valence-corrected chi connectivity index (χ4v) is 2.70. The molecule has 4 aromatic rings. The molecule has 1 aromatic heterocycles. The molecule has 2 nitrogen and oxygen atoms in total. The third-order valence-corrected chi connectivity index (χ3v) is 3.74. The largest absolute Gasteiger partial charge is 0.487 e. The molecule has 3 aromatic carbocycles. The normalized spacial score (nSPS) is 11.0. The van der Waals surface area contributed by atoms with Crippen molar-refractivity contribution >= 4 is 21.8 Å². The molecule has 0 unspecified atom stereocenters. The number of fused-ring (bicyclic) bond motifs is 3. The molecule has 0 aliphatic rings. The molecule has 0 bridgehead atoms. The van der Waals surface area contributed by atoms with Crippen LogP contribution in [0.4, 0.5) is 0 Å². The molecule has 0 radical (unpaired) electrons. The topological polar surface area (TPSA) is 25.0 Å². The zero-order valence-corrected chi connectivity index (χ0v) is 11.5. The summed E-state index contributed by atoms with van der Waals surface area (Å²) in [5.74, 6) is 0.896. The minimum absolute atomic E-state index is 0.579. The van der Waals surface area contributed by atoms with Crippen LogP contribution in [0.3, 0.4) is 0 Å². The summed E-state index contributed by atoms with van der Waals surface area (Å²) in [7, 11) is 0. The lowest BCUT2D eigenvalue weighted by Crippen LogP contribution is -1.95. The molecule has 0 aliphatic heterocycles. The molecule has 102 valence electrons. The van der Waals surface area contributed by atoms with Gasteiger partial charge in [-0.2, -0.15) is 0 Å². The van der Waals surface area contributed by atoms with E-state index < -0.39 is 0 Å². The molecule has 0 spiro atoms. The molecule has 1 heterocycles. The van der Waals surface area contributed by atoms with Crippen LogP contribution in [-0.4, -0.2) is 4.98 Å². The van der Waals surface area contributed by atoms with Gasteiger partial charge in [-0.25, -0.2) is 0 Å². The lowest BCUT2D eigenvalue weighted by atomic mass is 10.1. The van der Waals surface area contributed by atoms with Crippen molar-refractivity contribution in [3.05, 3.63) is 78.4 Å². The van der Waals surface area contributed by atoms with Crippen molar-refractivity contribution in [2.75, 3.05) is 0 Å². The van der Waals surface area contributed by atoms with E-state index in [9.17, 15) is 0 Å². The third kappa shape index (κ3) is 2.15. The number of H-pyrrole nitrogens is 1. The van der Waals surface area contributed by atoms with Crippen molar-refractivity contribution in [3.63, 3.8) is 0 Å². The summed E-state index contributed by atoms with van der Waals surface area (Å²) in [6.45, 7) is 0.579. The Morgan fingerprint density at radius 1 is 0.714 bits per heavy atom. The maximum atomic E-state index is 6.00. The minimum Gasteiger partial charge on any atom is -0.487 e. The molecule has 0 saturated carbocycles. The number of hydrogen-bond acceptors (Lipinski definition) is 1. The Morgan fingerprint density at radius 3 is 2.38 bits per heavy atom. The van der Waals surface area contributed by atoms with E-state index in [1.165, 1.54) is 16.3 Å². The van der Waals surface area contributed by atoms with Gasteiger partial charge in [-0.3, -0.25) is 0 Å². The number of aromatic nitrogens is 1. The number of rotatable bonds is 3. The Hall–Kier alpha value is -2.74. The Labute approximate surface area is 123 Å². The molecule has 0 saturated heterocycles. The van der Waals surface area contributed by atoms with Gasteiger partial charge in [0.25, 0.3) is 0 Å². The Kier molecular flexibility index (Phi) is 2.86. The zero-order valence-electron chi connectivity index (χ0n) is 11.5. The number of nitrogens with one attached hydrogen (secondary N) is 1. The molecule has 0 atom stereocenters. The molecular formula is C19H15NO. The van der Waals surface area contributed by atoms with E-state index in [1.54, 1.807) is 0 Å². The zero-order chi connectivity index (χ0) is 14.1. The van der Waals surface area contributed by atoms with E-state index in [-0.39, 0.29) is 0 Å². The van der Waals surface area contributed by atoms with Gasteiger partial charge in [0.2, 0.25) is 0 Å². The highest BCUT2D eigenvalue weighted by Crippen LogP contribution is 2.31. The fourth-order valence-electron chi connectivity index (χ4n) is 2.70. The lowest BCUT2D eigenvalue weighted by molar-refractivity contribution is 0.309. The van der Waals surface area contributed by atoms with Gasteiger partial charge >= 0.3 is 0 Å². The van der Waals surface area contributed by atoms with Crippen molar-refractivity contribution in [1.29, 1.82) is 0 Å². The van der Waals surface area contributed by atoms with E-state index in [2.05, 4.69) is 41.4 Å². The first-order valence-electron chi connectivity index (χ1n) is 7.08. The van der Waals surface area contributed by atoms with Crippen molar-refractivity contribution in [3.8, 4) is 5.75 Å². The van der Waals surface area contributed by atoms with E-state index in [0.29, 0.717) is 6.61 Å². The van der Waals surface area contributed by atoms with Crippen LogP contribution in [0.1, 0.15) is 5.56 Å². The Bertz CT molecular complexity index is 893. The summed E-state index contributed by atoms with van der Waals surface area (Å²) in [6.07, 6.45) is 0. The minimum atomic E-state index is 0.579. The maximum Gasteiger partial charge on any atom is 0.143 e. The second-order valence-electron chi connectivity index (χ2n) is 5.12. The predicted molar refractivity (Wildman–Crippen MR) is 86.6 cm³/mol. The van der Waals surface area contributed by atoms with Crippen molar-refractivity contribution < 1.29 is 4.74 Å². The van der Waals surface area contributed by atoms with Gasteiger partial charge in [-0.1, -0.05) is 60.7 Å².